The number of nitrogens with one attached hydrogen (secondary N) is 1. The Hall–Kier alpha value is -2.87. The lowest BCUT2D eigenvalue weighted by atomic mass is 10.2. The average Bonchev–Trinajstić information content (AvgIpc) is 2.96. The van der Waals surface area contributed by atoms with E-state index in [1.807, 2.05) is 6.26 Å². The maximum Gasteiger partial charge on any atom is 0.342 e. The second-order valence-electron chi connectivity index (χ2n) is 5.90. The third kappa shape index (κ3) is 4.89. The number of amides is 1. The molecule has 1 amide bonds. The molecule has 0 fully saturated rings. The summed E-state index contributed by atoms with van der Waals surface area (Å²) < 4.78 is 21.5. The number of carbonyl (C=O) groups is 2. The van der Waals surface area contributed by atoms with Crippen molar-refractivity contribution in [1.82, 2.24) is 0 Å². The molecule has 0 spiro atoms. The van der Waals surface area contributed by atoms with E-state index in [4.69, 9.17) is 18.9 Å². The average molecular weight is 403 g/mol. The van der Waals surface area contributed by atoms with Crippen LogP contribution < -0.4 is 19.5 Å². The molecule has 0 radical (unpaired) electrons. The molecule has 8 heteroatoms. The van der Waals surface area contributed by atoms with E-state index < -0.39 is 18.5 Å². The Kier molecular flexibility index (Phi) is 6.65. The number of benzene rings is 2. The summed E-state index contributed by atoms with van der Waals surface area (Å²) in [6.45, 7) is 0.732. The molecule has 0 aliphatic carbocycles. The van der Waals surface area contributed by atoms with E-state index >= 15 is 0 Å². The monoisotopic (exact) mass is 403 g/mol. The number of fused-ring (bicyclic) bond motifs is 1. The molecule has 148 valence electrons. The van der Waals surface area contributed by atoms with Gasteiger partial charge in [0.2, 0.25) is 0 Å². The highest BCUT2D eigenvalue weighted by Gasteiger charge is 2.17. The van der Waals surface area contributed by atoms with Crippen LogP contribution in [0.4, 0.5) is 5.69 Å². The fraction of sp³-hybridized carbons (Fsp3) is 0.300. The highest BCUT2D eigenvalue weighted by atomic mass is 32.2. The second kappa shape index (κ2) is 9.36. The van der Waals surface area contributed by atoms with Crippen molar-refractivity contribution < 1.29 is 28.5 Å². The number of thioether (sulfide) groups is 1. The molecule has 1 N–H and O–H groups in total. The smallest absolute Gasteiger partial charge is 0.342 e. The van der Waals surface area contributed by atoms with Crippen LogP contribution >= 0.6 is 11.8 Å². The molecule has 0 unspecified atom stereocenters. The van der Waals surface area contributed by atoms with Crippen LogP contribution in [0.2, 0.25) is 0 Å². The molecule has 1 aliphatic rings. The first kappa shape index (κ1) is 19.9. The van der Waals surface area contributed by atoms with Crippen LogP contribution in [-0.2, 0) is 9.53 Å². The van der Waals surface area contributed by atoms with Crippen LogP contribution in [-0.4, -0.2) is 45.1 Å². The third-order valence-corrected chi connectivity index (χ3v) is 4.72. The highest BCUT2D eigenvalue weighted by Crippen LogP contribution is 2.32. The molecule has 0 bridgehead atoms. The van der Waals surface area contributed by atoms with Crippen LogP contribution in [0.25, 0.3) is 0 Å². The third-order valence-electron chi connectivity index (χ3n) is 3.99. The van der Waals surface area contributed by atoms with Gasteiger partial charge in [-0.3, -0.25) is 4.79 Å². The Bertz CT molecular complexity index is 870. The predicted molar refractivity (Wildman–Crippen MR) is 106 cm³/mol. The Labute approximate surface area is 167 Å². The van der Waals surface area contributed by atoms with Crippen molar-refractivity contribution >= 4 is 29.3 Å². The van der Waals surface area contributed by atoms with Crippen molar-refractivity contribution in [2.24, 2.45) is 0 Å². The first-order valence-electron chi connectivity index (χ1n) is 8.69. The number of carbonyl (C=O) groups excluding carboxylic acids is 2. The zero-order chi connectivity index (χ0) is 19.9. The number of ether oxygens (including phenoxy) is 4. The first-order valence-corrected chi connectivity index (χ1v) is 9.92. The number of hydrogen-bond donors (Lipinski definition) is 1. The predicted octanol–water partition coefficient (Wildman–Crippen LogP) is 3.37. The molecular weight excluding hydrogens is 382 g/mol. The fourth-order valence-electron chi connectivity index (χ4n) is 2.61. The van der Waals surface area contributed by atoms with E-state index in [0.29, 0.717) is 36.1 Å². The van der Waals surface area contributed by atoms with Gasteiger partial charge in [0, 0.05) is 23.1 Å². The maximum absolute atomic E-state index is 12.3. The molecule has 0 saturated heterocycles. The van der Waals surface area contributed by atoms with E-state index in [9.17, 15) is 9.59 Å². The molecule has 7 nitrogen and oxygen atoms in total. The molecule has 1 heterocycles. The van der Waals surface area contributed by atoms with Gasteiger partial charge >= 0.3 is 5.97 Å². The van der Waals surface area contributed by atoms with Crippen molar-refractivity contribution in [2.45, 2.75) is 11.3 Å². The normalized spacial score (nSPS) is 12.6. The summed E-state index contributed by atoms with van der Waals surface area (Å²) in [6.07, 6.45) is 2.73. The summed E-state index contributed by atoms with van der Waals surface area (Å²) in [5.74, 6) is 0.537. The summed E-state index contributed by atoms with van der Waals surface area (Å²) in [5.41, 5.74) is 0.802. The molecule has 2 aromatic rings. The van der Waals surface area contributed by atoms with Gasteiger partial charge in [0.25, 0.3) is 5.91 Å². The van der Waals surface area contributed by atoms with Gasteiger partial charge in [-0.1, -0.05) is 0 Å². The summed E-state index contributed by atoms with van der Waals surface area (Å²) in [4.78, 5) is 25.4. The zero-order valence-electron chi connectivity index (χ0n) is 15.7. The second-order valence-corrected chi connectivity index (χ2v) is 6.78. The number of rotatable bonds is 6. The van der Waals surface area contributed by atoms with Crippen molar-refractivity contribution in [2.75, 3.05) is 38.5 Å². The molecule has 28 heavy (non-hydrogen) atoms. The van der Waals surface area contributed by atoms with Crippen LogP contribution in [0.5, 0.6) is 17.2 Å². The molecule has 0 aromatic heterocycles. The minimum absolute atomic E-state index is 0.267. The van der Waals surface area contributed by atoms with Crippen molar-refractivity contribution in [1.29, 1.82) is 0 Å². The van der Waals surface area contributed by atoms with Gasteiger partial charge in [0.15, 0.2) is 18.1 Å². The molecular formula is C20H21NO6S. The summed E-state index contributed by atoms with van der Waals surface area (Å²) in [5, 5.41) is 2.68. The number of anilines is 1. The van der Waals surface area contributed by atoms with Gasteiger partial charge in [0.05, 0.1) is 20.3 Å². The SMILES string of the molecule is COc1cc(SC)ccc1C(=O)OCC(=O)Nc1ccc2c(c1)OCCCO2. The van der Waals surface area contributed by atoms with Gasteiger partial charge < -0.3 is 24.3 Å². The van der Waals surface area contributed by atoms with Gasteiger partial charge in [-0.25, -0.2) is 4.79 Å². The van der Waals surface area contributed by atoms with Crippen LogP contribution in [0.1, 0.15) is 16.8 Å². The molecule has 0 atom stereocenters. The Balaban J connectivity index is 1.58. The van der Waals surface area contributed by atoms with E-state index in [0.717, 1.165) is 11.3 Å². The van der Waals surface area contributed by atoms with Crippen LogP contribution in [0, 0.1) is 0 Å². The van der Waals surface area contributed by atoms with Crippen LogP contribution in [0.15, 0.2) is 41.3 Å². The Morgan fingerprint density at radius 2 is 1.89 bits per heavy atom. The van der Waals surface area contributed by atoms with E-state index in [2.05, 4.69) is 5.32 Å². The minimum atomic E-state index is -0.627. The number of esters is 1. The quantitative estimate of drug-likeness (QED) is 0.585. The van der Waals surface area contributed by atoms with Gasteiger partial charge in [0.1, 0.15) is 11.3 Å². The van der Waals surface area contributed by atoms with Crippen molar-refractivity contribution in [3.05, 3.63) is 42.0 Å². The van der Waals surface area contributed by atoms with E-state index in [1.165, 1.54) is 18.9 Å². The summed E-state index contributed by atoms with van der Waals surface area (Å²) in [6, 6.07) is 10.3. The number of methoxy groups -OCH3 is 1. The van der Waals surface area contributed by atoms with Gasteiger partial charge in [-0.2, -0.15) is 0 Å². The Morgan fingerprint density at radius 3 is 2.64 bits per heavy atom. The van der Waals surface area contributed by atoms with Crippen LogP contribution in [0.3, 0.4) is 0 Å². The van der Waals surface area contributed by atoms with Gasteiger partial charge in [-0.15, -0.1) is 11.8 Å². The fourth-order valence-corrected chi connectivity index (χ4v) is 3.04. The van der Waals surface area contributed by atoms with Gasteiger partial charge in [-0.05, 0) is 36.6 Å². The minimum Gasteiger partial charge on any atom is -0.496 e. The topological polar surface area (TPSA) is 83.1 Å². The molecule has 2 aromatic carbocycles. The van der Waals surface area contributed by atoms with E-state index in [-0.39, 0.29) is 5.56 Å². The maximum atomic E-state index is 12.3. The lowest BCUT2D eigenvalue weighted by Gasteiger charge is -2.12. The lowest BCUT2D eigenvalue weighted by molar-refractivity contribution is -0.119. The number of hydrogen-bond acceptors (Lipinski definition) is 7. The first-order chi connectivity index (χ1) is 13.6. The summed E-state index contributed by atoms with van der Waals surface area (Å²) in [7, 11) is 1.48. The lowest BCUT2D eigenvalue weighted by Crippen LogP contribution is -2.21. The van der Waals surface area contributed by atoms with Crippen molar-refractivity contribution in [3.8, 4) is 17.2 Å². The Morgan fingerprint density at radius 1 is 1.11 bits per heavy atom. The van der Waals surface area contributed by atoms with Crippen molar-refractivity contribution in [3.63, 3.8) is 0 Å². The standard InChI is InChI=1S/C20H21NO6S/c1-24-17-11-14(28-2)5-6-15(17)20(23)27-12-19(22)21-13-4-7-16-18(10-13)26-9-3-8-25-16/h4-7,10-11H,3,8-9,12H2,1-2H3,(H,21,22). The summed E-state index contributed by atoms with van der Waals surface area (Å²) >= 11 is 1.53. The molecule has 1 aliphatic heterocycles. The largest absolute Gasteiger partial charge is 0.496 e. The van der Waals surface area contributed by atoms with E-state index in [1.54, 1.807) is 36.4 Å². The molecule has 0 saturated carbocycles. The highest BCUT2D eigenvalue weighted by molar-refractivity contribution is 7.98. The molecule has 3 rings (SSSR count). The zero-order valence-corrected chi connectivity index (χ0v) is 16.5.